The molecule has 0 unspecified atom stereocenters. The van der Waals surface area contributed by atoms with Crippen LogP contribution in [0.5, 0.6) is 5.75 Å². The first kappa shape index (κ1) is 25.1. The van der Waals surface area contributed by atoms with Gasteiger partial charge in [-0.1, -0.05) is 71.6 Å². The van der Waals surface area contributed by atoms with Gasteiger partial charge in [-0.25, -0.2) is 4.90 Å². The largest absolute Gasteiger partial charge is 0.497 e. The highest BCUT2D eigenvalue weighted by Gasteiger charge is 2.56. The number of fused-ring (bicyclic) bond motifs is 2. The van der Waals surface area contributed by atoms with Gasteiger partial charge >= 0.3 is 4.87 Å². The number of thiazole rings is 1. The van der Waals surface area contributed by atoms with E-state index in [2.05, 4.69) is 5.32 Å². The van der Waals surface area contributed by atoms with E-state index in [1.165, 1.54) is 21.2 Å². The van der Waals surface area contributed by atoms with Gasteiger partial charge in [0.2, 0.25) is 17.7 Å². The minimum absolute atomic E-state index is 0.215. The van der Waals surface area contributed by atoms with Gasteiger partial charge in [0.05, 0.1) is 23.7 Å². The van der Waals surface area contributed by atoms with Crippen molar-refractivity contribution >= 4 is 52.2 Å². The van der Waals surface area contributed by atoms with E-state index in [4.69, 9.17) is 4.74 Å². The number of para-hydroxylation sites is 1. The molecule has 1 fully saturated rings. The van der Waals surface area contributed by atoms with E-state index in [1.807, 2.05) is 36.4 Å². The van der Waals surface area contributed by atoms with Crippen molar-refractivity contribution in [3.8, 4) is 5.75 Å². The fourth-order valence-electron chi connectivity index (χ4n) is 5.12. The lowest BCUT2D eigenvalue weighted by molar-refractivity contribution is -0.122. The summed E-state index contributed by atoms with van der Waals surface area (Å²) < 4.78 is 6.57. The van der Waals surface area contributed by atoms with Crippen molar-refractivity contribution in [1.82, 2.24) is 4.57 Å². The van der Waals surface area contributed by atoms with Gasteiger partial charge < -0.3 is 10.1 Å². The zero-order chi connectivity index (χ0) is 27.1. The Morgan fingerprint density at radius 1 is 0.897 bits per heavy atom. The molecule has 8 nitrogen and oxygen atoms in total. The normalized spacial score (nSPS) is 19.9. The highest BCUT2D eigenvalue weighted by molar-refractivity contribution is 8.00. The topological polar surface area (TPSA) is 97.7 Å². The number of rotatable bonds is 6. The highest BCUT2D eigenvalue weighted by atomic mass is 32.2. The highest BCUT2D eigenvalue weighted by Crippen LogP contribution is 2.53. The van der Waals surface area contributed by atoms with Crippen LogP contribution in [0.1, 0.15) is 16.4 Å². The lowest BCUT2D eigenvalue weighted by atomic mass is 9.83. The van der Waals surface area contributed by atoms with Gasteiger partial charge in [0.25, 0.3) is 0 Å². The third kappa shape index (κ3) is 4.45. The number of anilines is 2. The molecule has 3 heterocycles. The molecular weight excluding hydrogens is 534 g/mol. The fourth-order valence-corrected chi connectivity index (χ4v) is 7.90. The molecule has 39 heavy (non-hydrogen) atoms. The first-order valence-corrected chi connectivity index (χ1v) is 14.0. The first-order chi connectivity index (χ1) is 19.0. The predicted octanol–water partition coefficient (Wildman–Crippen LogP) is 4.35. The maximum atomic E-state index is 13.8. The maximum absolute atomic E-state index is 13.8. The molecule has 1 aromatic heterocycles. The van der Waals surface area contributed by atoms with Gasteiger partial charge in [-0.15, -0.1) is 0 Å². The second-order valence-electron chi connectivity index (χ2n) is 9.20. The number of nitrogens with one attached hydrogen (secondary N) is 1. The molecule has 1 saturated heterocycles. The smallest absolute Gasteiger partial charge is 0.308 e. The van der Waals surface area contributed by atoms with Crippen LogP contribution in [0.4, 0.5) is 11.4 Å². The number of thioether (sulfide) groups is 1. The summed E-state index contributed by atoms with van der Waals surface area (Å²) in [6.45, 7) is -0.215. The fraction of sp³-hybridized carbons (Fsp3) is 0.172. The summed E-state index contributed by atoms with van der Waals surface area (Å²) in [6, 6.07) is 25.2. The van der Waals surface area contributed by atoms with Crippen LogP contribution in [0.15, 0.2) is 94.7 Å². The molecule has 0 radical (unpaired) electrons. The van der Waals surface area contributed by atoms with Crippen LogP contribution in [-0.2, 0) is 20.9 Å². The molecule has 0 aliphatic carbocycles. The Bertz CT molecular complexity index is 1620. The summed E-state index contributed by atoms with van der Waals surface area (Å²) in [5, 5.41) is 2.65. The van der Waals surface area contributed by atoms with Crippen LogP contribution in [0.25, 0.3) is 0 Å². The molecule has 2 aliphatic rings. The van der Waals surface area contributed by atoms with Crippen LogP contribution < -0.4 is 19.8 Å². The Balaban J connectivity index is 1.37. The molecule has 3 aromatic carbocycles. The summed E-state index contributed by atoms with van der Waals surface area (Å²) in [6.07, 6.45) is 0. The van der Waals surface area contributed by atoms with E-state index in [1.54, 1.807) is 55.6 Å². The predicted molar refractivity (Wildman–Crippen MR) is 151 cm³/mol. The van der Waals surface area contributed by atoms with Crippen LogP contribution in [-0.4, -0.2) is 34.6 Å². The molecule has 3 atom stereocenters. The maximum Gasteiger partial charge on any atom is 0.308 e. The number of nitrogens with zero attached hydrogens (tertiary/aromatic N) is 2. The van der Waals surface area contributed by atoms with Crippen molar-refractivity contribution in [2.45, 2.75) is 22.7 Å². The van der Waals surface area contributed by atoms with Crippen LogP contribution in [0.3, 0.4) is 0 Å². The Labute approximate surface area is 232 Å². The molecule has 0 saturated carbocycles. The van der Waals surface area contributed by atoms with Crippen molar-refractivity contribution in [2.75, 3.05) is 17.3 Å². The molecule has 0 bridgehead atoms. The number of imide groups is 1. The first-order valence-electron chi connectivity index (χ1n) is 12.3. The van der Waals surface area contributed by atoms with Gasteiger partial charge in [-0.05, 0) is 42.0 Å². The standard InChI is InChI=1S/C29H23N3O5S2/c1-37-20-14-12-18(13-15-20)30-21(33)16-31-28-25(39-29(31)36)22(17-8-4-2-5-9-17)23-24(38-28)27(35)32(26(23)34)19-10-6-3-7-11-19/h2-15,22-24H,16H2,1H3,(H,30,33)/t22-,23-,24+/m0/s1. The van der Waals surface area contributed by atoms with Crippen molar-refractivity contribution < 1.29 is 19.1 Å². The summed E-state index contributed by atoms with van der Waals surface area (Å²) in [5.41, 5.74) is 1.94. The van der Waals surface area contributed by atoms with Gasteiger partial charge in [-0.2, -0.15) is 0 Å². The van der Waals surface area contributed by atoms with Gasteiger partial charge in [0.15, 0.2) is 0 Å². The summed E-state index contributed by atoms with van der Waals surface area (Å²) >= 11 is 2.23. The number of benzene rings is 3. The second-order valence-corrected chi connectivity index (χ2v) is 11.3. The van der Waals surface area contributed by atoms with Gasteiger partial charge in [-0.3, -0.25) is 23.7 Å². The number of carbonyl (C=O) groups excluding carboxylic acids is 3. The average molecular weight is 558 g/mol. The van der Waals surface area contributed by atoms with Crippen molar-refractivity contribution in [1.29, 1.82) is 0 Å². The van der Waals surface area contributed by atoms with Crippen LogP contribution in [0.2, 0.25) is 0 Å². The molecule has 1 N–H and O–H groups in total. The van der Waals surface area contributed by atoms with E-state index >= 15 is 0 Å². The Morgan fingerprint density at radius 3 is 2.23 bits per heavy atom. The Kier molecular flexibility index (Phi) is 6.58. The minimum Gasteiger partial charge on any atom is -0.497 e. The number of ether oxygens (including phenoxy) is 1. The SMILES string of the molecule is COc1ccc(NC(=O)Cn2c3c(sc2=O)[C@@H](c2ccccc2)[C@@H]2C(=O)N(c4ccccc4)C(=O)[C@@H]2S3)cc1. The summed E-state index contributed by atoms with van der Waals surface area (Å²) in [4.78, 5) is 55.3. The van der Waals surface area contributed by atoms with Crippen LogP contribution >= 0.6 is 23.1 Å². The molecule has 196 valence electrons. The molecule has 3 amide bonds. The number of aromatic nitrogens is 1. The van der Waals surface area contributed by atoms with Crippen molar-refractivity contribution in [3.05, 3.63) is 105 Å². The van der Waals surface area contributed by atoms with Crippen LogP contribution in [0, 0.1) is 5.92 Å². The minimum atomic E-state index is -0.722. The molecule has 4 aromatic rings. The molecular formula is C29H23N3O5S2. The third-order valence-electron chi connectivity index (χ3n) is 6.90. The monoisotopic (exact) mass is 557 g/mol. The van der Waals surface area contributed by atoms with Crippen molar-refractivity contribution in [2.24, 2.45) is 5.92 Å². The van der Waals surface area contributed by atoms with E-state index in [9.17, 15) is 19.2 Å². The summed E-state index contributed by atoms with van der Waals surface area (Å²) in [5.74, 6) is -1.47. The van der Waals surface area contributed by atoms with E-state index in [0.29, 0.717) is 27.0 Å². The lowest BCUT2D eigenvalue weighted by Crippen LogP contribution is -2.33. The number of methoxy groups -OCH3 is 1. The zero-order valence-corrected chi connectivity index (χ0v) is 22.4. The quantitative estimate of drug-likeness (QED) is 0.354. The van der Waals surface area contributed by atoms with Crippen molar-refractivity contribution in [3.63, 3.8) is 0 Å². The van der Waals surface area contributed by atoms with E-state index in [0.717, 1.165) is 16.9 Å². The van der Waals surface area contributed by atoms with E-state index in [-0.39, 0.29) is 29.1 Å². The number of hydrogen-bond acceptors (Lipinski definition) is 7. The summed E-state index contributed by atoms with van der Waals surface area (Å²) in [7, 11) is 1.56. The molecule has 2 aliphatic heterocycles. The second kappa shape index (κ2) is 10.2. The Hall–Kier alpha value is -4.15. The van der Waals surface area contributed by atoms with E-state index < -0.39 is 17.1 Å². The average Bonchev–Trinajstić information content (AvgIpc) is 3.40. The number of hydrogen-bond donors (Lipinski definition) is 1. The Morgan fingerprint density at radius 2 is 1.56 bits per heavy atom. The molecule has 6 rings (SSSR count). The lowest BCUT2D eigenvalue weighted by Gasteiger charge is -2.30. The third-order valence-corrected chi connectivity index (χ3v) is 9.50. The number of carbonyl (C=O) groups is 3. The molecule has 10 heteroatoms. The number of amides is 3. The van der Waals surface area contributed by atoms with Gasteiger partial charge in [0.1, 0.15) is 17.5 Å². The van der Waals surface area contributed by atoms with Gasteiger partial charge in [0, 0.05) is 16.5 Å². The molecule has 0 spiro atoms. The zero-order valence-electron chi connectivity index (χ0n) is 20.8.